The van der Waals surface area contributed by atoms with E-state index in [0.717, 1.165) is 30.0 Å². The van der Waals surface area contributed by atoms with Gasteiger partial charge in [-0.25, -0.2) is 9.97 Å². The quantitative estimate of drug-likeness (QED) is 0.251. The Morgan fingerprint density at radius 3 is 2.46 bits per heavy atom. The van der Waals surface area contributed by atoms with Gasteiger partial charge in [0.2, 0.25) is 0 Å². The van der Waals surface area contributed by atoms with Crippen molar-refractivity contribution in [2.45, 2.75) is 30.0 Å². The summed E-state index contributed by atoms with van der Waals surface area (Å²) in [5, 5.41) is 3.39. The summed E-state index contributed by atoms with van der Waals surface area (Å²) in [6.07, 6.45) is 0.602. The molecule has 2 aromatic heterocycles. The second kappa shape index (κ2) is 12.6. The first-order valence-electron chi connectivity index (χ1n) is 13.4. The van der Waals surface area contributed by atoms with Crippen LogP contribution in [0.25, 0.3) is 0 Å². The first-order chi connectivity index (χ1) is 19.7. The normalized spacial score (nSPS) is 16.6. The molecule has 7 nitrogen and oxygen atoms in total. The molecule has 2 aliphatic heterocycles. The molecule has 2 aliphatic rings. The van der Waals surface area contributed by atoms with Crippen molar-refractivity contribution in [1.29, 1.82) is 0 Å². The lowest BCUT2D eigenvalue weighted by molar-refractivity contribution is -0.137. The number of pyridine rings is 1. The first kappa shape index (κ1) is 29.1. The number of likely N-dealkylation sites (tertiary alicyclic amines) is 1. The highest BCUT2D eigenvalue weighted by Gasteiger charge is 2.32. The minimum absolute atomic E-state index is 0.0256. The van der Waals surface area contributed by atoms with Crippen molar-refractivity contribution in [1.82, 2.24) is 19.8 Å². The molecule has 0 spiro atoms. The number of hydrogen-bond acceptors (Lipinski definition) is 7. The topological polar surface area (TPSA) is 69.6 Å². The number of carbonyl (C=O) groups excluding carboxylic acids is 2. The number of rotatable bonds is 7. The number of halogens is 3. The van der Waals surface area contributed by atoms with Crippen LogP contribution in [0.4, 0.5) is 18.9 Å². The van der Waals surface area contributed by atoms with Gasteiger partial charge in [-0.3, -0.25) is 9.59 Å². The second-order valence-electron chi connectivity index (χ2n) is 9.92. The Balaban J connectivity index is 1.14. The number of carbonyl (C=O) groups is 2. The van der Waals surface area contributed by atoms with E-state index < -0.39 is 11.7 Å². The number of amides is 2. The molecule has 5 rings (SSSR count). The van der Waals surface area contributed by atoms with Gasteiger partial charge in [-0.15, -0.1) is 29.7 Å². The summed E-state index contributed by atoms with van der Waals surface area (Å²) in [6.45, 7) is 6.64. The fourth-order valence-electron chi connectivity index (χ4n) is 5.09. The molecule has 2 saturated heterocycles. The van der Waals surface area contributed by atoms with Crippen LogP contribution in [0.15, 0.2) is 65.7 Å². The molecular weight excluding hydrogens is 571 g/mol. The molecule has 0 unspecified atom stereocenters. The Hall–Kier alpha value is -3.38. The number of anilines is 1. The number of piperazine rings is 1. The van der Waals surface area contributed by atoms with Crippen LogP contribution in [0.3, 0.4) is 0 Å². The van der Waals surface area contributed by atoms with Crippen molar-refractivity contribution < 1.29 is 22.8 Å². The fraction of sp³-hybridized carbons (Fsp3) is 0.379. The molecule has 2 fully saturated rings. The van der Waals surface area contributed by atoms with Crippen molar-refractivity contribution in [2.75, 3.05) is 49.9 Å². The van der Waals surface area contributed by atoms with Crippen LogP contribution in [0, 0.1) is 0 Å². The molecule has 1 aromatic carbocycles. The van der Waals surface area contributed by atoms with Crippen molar-refractivity contribution in [2.24, 2.45) is 0 Å². The van der Waals surface area contributed by atoms with Gasteiger partial charge in [0.15, 0.2) is 0 Å². The third kappa shape index (κ3) is 6.75. The summed E-state index contributed by atoms with van der Waals surface area (Å²) in [6, 6.07) is 8.87. The van der Waals surface area contributed by atoms with Crippen LogP contribution >= 0.6 is 23.1 Å². The predicted octanol–water partition coefficient (Wildman–Crippen LogP) is 5.82. The number of nitrogens with zero attached hydrogens (tertiary/aromatic N) is 5. The van der Waals surface area contributed by atoms with Crippen LogP contribution < -0.4 is 4.90 Å². The highest BCUT2D eigenvalue weighted by Crippen LogP contribution is 2.33. The molecule has 216 valence electrons. The Bertz CT molecular complexity index is 1400. The molecule has 2 amide bonds. The summed E-state index contributed by atoms with van der Waals surface area (Å²) in [5.41, 5.74) is 0.828. The van der Waals surface area contributed by atoms with Crippen LogP contribution in [0.2, 0.25) is 0 Å². The predicted molar refractivity (Wildman–Crippen MR) is 155 cm³/mol. The molecule has 0 N–H and O–H groups in total. The molecule has 0 bridgehead atoms. The first-order valence-corrected chi connectivity index (χ1v) is 15.3. The van der Waals surface area contributed by atoms with Crippen molar-refractivity contribution >= 4 is 40.6 Å². The minimum Gasteiger partial charge on any atom is -0.368 e. The Kier molecular flexibility index (Phi) is 8.98. The Labute approximate surface area is 245 Å². The number of hydrogen-bond donors (Lipinski definition) is 0. The molecule has 3 aromatic rings. The van der Waals surface area contributed by atoms with Gasteiger partial charge >= 0.3 is 6.18 Å². The van der Waals surface area contributed by atoms with Gasteiger partial charge in [-0.2, -0.15) is 13.2 Å². The molecule has 4 heterocycles. The van der Waals surface area contributed by atoms with E-state index >= 15 is 0 Å². The van der Waals surface area contributed by atoms with Crippen LogP contribution in [0.1, 0.15) is 50.2 Å². The van der Waals surface area contributed by atoms with E-state index in [2.05, 4.69) is 16.5 Å². The number of benzene rings is 1. The SMILES string of the molecule is C=CCSc1ncccc1C(=O)N1CCC(c2nc(C(=O)N3CCN(c4cccc(C(F)(F)F)c4)CC3)cs2)CC1. The smallest absolute Gasteiger partial charge is 0.368 e. The van der Waals surface area contributed by atoms with Crippen molar-refractivity contribution in [3.63, 3.8) is 0 Å². The monoisotopic (exact) mass is 601 g/mol. The molecule has 41 heavy (non-hydrogen) atoms. The van der Waals surface area contributed by atoms with Gasteiger partial charge in [0, 0.05) is 68.2 Å². The standard InChI is InChI=1S/C29H30F3N5O2S2/c1-2-17-40-26-23(7-4-10-33-26)27(38)36-11-8-20(9-12-36)25-34-24(19-41-25)28(39)37-15-13-35(14-16-37)22-6-3-5-21(18-22)29(30,31)32/h2-7,10,18-20H,1,8-9,11-17H2. The summed E-state index contributed by atoms with van der Waals surface area (Å²) >= 11 is 2.96. The lowest BCUT2D eigenvalue weighted by Crippen LogP contribution is -2.49. The fourth-order valence-corrected chi connectivity index (χ4v) is 6.78. The summed E-state index contributed by atoms with van der Waals surface area (Å²) in [5.74, 6) is 0.662. The third-order valence-corrected chi connectivity index (χ3v) is 9.33. The number of thioether (sulfide) groups is 1. The molecule has 12 heteroatoms. The molecule has 0 radical (unpaired) electrons. The van der Waals surface area contributed by atoms with Crippen LogP contribution in [-0.2, 0) is 6.18 Å². The average Bonchev–Trinajstić information content (AvgIpc) is 3.50. The zero-order valence-corrected chi connectivity index (χ0v) is 24.0. The number of piperidine rings is 1. The van der Waals surface area contributed by atoms with E-state index in [4.69, 9.17) is 0 Å². The maximum atomic E-state index is 13.2. The van der Waals surface area contributed by atoms with E-state index in [-0.39, 0.29) is 17.7 Å². The highest BCUT2D eigenvalue weighted by molar-refractivity contribution is 7.99. The van der Waals surface area contributed by atoms with Gasteiger partial charge < -0.3 is 14.7 Å². The zero-order valence-electron chi connectivity index (χ0n) is 22.3. The average molecular weight is 602 g/mol. The lowest BCUT2D eigenvalue weighted by atomic mass is 9.97. The molecule has 0 atom stereocenters. The third-order valence-electron chi connectivity index (χ3n) is 7.32. The van der Waals surface area contributed by atoms with E-state index in [1.165, 1.54) is 29.2 Å². The zero-order chi connectivity index (χ0) is 29.0. The van der Waals surface area contributed by atoms with Gasteiger partial charge in [0.05, 0.1) is 16.1 Å². The van der Waals surface area contributed by atoms with E-state index in [9.17, 15) is 22.8 Å². The summed E-state index contributed by atoms with van der Waals surface area (Å²) < 4.78 is 39.3. The number of aromatic nitrogens is 2. The second-order valence-corrected chi connectivity index (χ2v) is 11.8. The van der Waals surface area contributed by atoms with Crippen LogP contribution in [-0.4, -0.2) is 76.6 Å². The summed E-state index contributed by atoms with van der Waals surface area (Å²) in [7, 11) is 0. The van der Waals surface area contributed by atoms with E-state index in [1.807, 2.05) is 15.9 Å². The van der Waals surface area contributed by atoms with Gasteiger partial charge in [0.1, 0.15) is 10.7 Å². The maximum Gasteiger partial charge on any atom is 0.416 e. The number of alkyl halides is 3. The van der Waals surface area contributed by atoms with Gasteiger partial charge in [-0.05, 0) is 43.2 Å². The van der Waals surface area contributed by atoms with Crippen LogP contribution in [0.5, 0.6) is 0 Å². The number of thiazole rings is 1. The lowest BCUT2D eigenvalue weighted by Gasteiger charge is -2.36. The molecular formula is C29H30F3N5O2S2. The van der Waals surface area contributed by atoms with Gasteiger partial charge in [0.25, 0.3) is 11.8 Å². The van der Waals surface area contributed by atoms with E-state index in [0.29, 0.717) is 67.0 Å². The van der Waals surface area contributed by atoms with Crippen molar-refractivity contribution in [3.05, 3.63) is 82.5 Å². The maximum absolute atomic E-state index is 13.2. The van der Waals surface area contributed by atoms with Gasteiger partial charge in [-0.1, -0.05) is 12.1 Å². The molecule has 0 aliphatic carbocycles. The van der Waals surface area contributed by atoms with E-state index in [1.54, 1.807) is 34.7 Å². The Morgan fingerprint density at radius 2 is 1.76 bits per heavy atom. The minimum atomic E-state index is -4.39. The van der Waals surface area contributed by atoms with Crippen molar-refractivity contribution in [3.8, 4) is 0 Å². The summed E-state index contributed by atoms with van der Waals surface area (Å²) in [4.78, 5) is 40.8. The highest BCUT2D eigenvalue weighted by atomic mass is 32.2. The largest absolute Gasteiger partial charge is 0.416 e. The molecule has 0 saturated carbocycles. The Morgan fingerprint density at radius 1 is 1.02 bits per heavy atom.